The van der Waals surface area contributed by atoms with Gasteiger partial charge >= 0.3 is 0 Å². The fourth-order valence-corrected chi connectivity index (χ4v) is 4.26. The van der Waals surface area contributed by atoms with Gasteiger partial charge in [0.05, 0.1) is 0 Å². The summed E-state index contributed by atoms with van der Waals surface area (Å²) >= 11 is 0. The monoisotopic (exact) mass is 252 g/mol. The van der Waals surface area contributed by atoms with Crippen molar-refractivity contribution in [3.8, 4) is 0 Å². The average Bonchev–Trinajstić information content (AvgIpc) is 2.80. The third-order valence-corrected chi connectivity index (χ3v) is 5.47. The summed E-state index contributed by atoms with van der Waals surface area (Å²) in [5, 5.41) is 3.59. The van der Waals surface area contributed by atoms with Gasteiger partial charge in [0.15, 0.2) is 0 Å². The van der Waals surface area contributed by atoms with E-state index in [1.807, 2.05) is 0 Å². The van der Waals surface area contributed by atoms with Crippen LogP contribution in [-0.2, 0) is 0 Å². The van der Waals surface area contributed by atoms with Gasteiger partial charge in [0, 0.05) is 19.1 Å². The van der Waals surface area contributed by atoms with Crippen LogP contribution >= 0.6 is 0 Å². The zero-order chi connectivity index (χ0) is 13.1. The fourth-order valence-electron chi connectivity index (χ4n) is 4.26. The van der Waals surface area contributed by atoms with Crippen molar-refractivity contribution in [2.75, 3.05) is 26.7 Å². The molecule has 0 amide bonds. The minimum atomic E-state index is 0.740. The first-order valence-electron chi connectivity index (χ1n) is 8.03. The van der Waals surface area contributed by atoms with Crippen LogP contribution in [0.15, 0.2) is 0 Å². The second-order valence-electron chi connectivity index (χ2n) is 6.94. The highest BCUT2D eigenvalue weighted by Gasteiger charge is 2.35. The molecule has 1 N–H and O–H groups in total. The molecule has 106 valence electrons. The van der Waals surface area contributed by atoms with Gasteiger partial charge in [-0.2, -0.15) is 0 Å². The number of nitrogens with one attached hydrogen (secondary N) is 1. The maximum Gasteiger partial charge on any atom is 0.0110 e. The molecule has 0 aromatic rings. The molecule has 0 radical (unpaired) electrons. The molecule has 5 unspecified atom stereocenters. The number of nitrogens with zero attached hydrogens (tertiary/aromatic N) is 1. The van der Waals surface area contributed by atoms with Crippen LogP contribution < -0.4 is 5.32 Å². The molecule has 1 aliphatic heterocycles. The van der Waals surface area contributed by atoms with Crippen molar-refractivity contribution in [3.05, 3.63) is 0 Å². The molecule has 0 aromatic heterocycles. The van der Waals surface area contributed by atoms with Gasteiger partial charge in [-0.25, -0.2) is 0 Å². The Hall–Kier alpha value is -0.0800. The minimum absolute atomic E-state index is 0.740. The fraction of sp³-hybridized carbons (Fsp3) is 1.00. The summed E-state index contributed by atoms with van der Waals surface area (Å²) in [4.78, 5) is 2.73. The molecule has 1 saturated carbocycles. The van der Waals surface area contributed by atoms with Crippen LogP contribution in [0.4, 0.5) is 0 Å². The quantitative estimate of drug-likeness (QED) is 0.827. The summed E-state index contributed by atoms with van der Waals surface area (Å²) in [5.74, 6) is 3.61. The third-order valence-electron chi connectivity index (χ3n) is 5.47. The highest BCUT2D eigenvalue weighted by atomic mass is 15.2. The smallest absolute Gasteiger partial charge is 0.0110 e. The third kappa shape index (κ3) is 3.27. The molecule has 2 nitrogen and oxygen atoms in total. The predicted octanol–water partition coefficient (Wildman–Crippen LogP) is 2.99. The van der Waals surface area contributed by atoms with Crippen LogP contribution in [0, 0.1) is 23.7 Å². The van der Waals surface area contributed by atoms with Crippen molar-refractivity contribution in [1.29, 1.82) is 0 Å². The number of hydrogen-bond donors (Lipinski definition) is 1. The lowest BCUT2D eigenvalue weighted by molar-refractivity contribution is 0.113. The molecular weight excluding hydrogens is 220 g/mol. The maximum absolute atomic E-state index is 3.59. The van der Waals surface area contributed by atoms with Gasteiger partial charge in [0.1, 0.15) is 0 Å². The topological polar surface area (TPSA) is 15.3 Å². The summed E-state index contributed by atoms with van der Waals surface area (Å²) in [6.07, 6.45) is 5.59. The Labute approximate surface area is 114 Å². The first-order valence-corrected chi connectivity index (χ1v) is 8.03. The summed E-state index contributed by atoms with van der Waals surface area (Å²) in [6.45, 7) is 11.3. The van der Waals surface area contributed by atoms with Gasteiger partial charge in [-0.15, -0.1) is 0 Å². The molecule has 1 heterocycles. The summed E-state index contributed by atoms with van der Waals surface area (Å²) in [6, 6.07) is 0.740. The van der Waals surface area contributed by atoms with E-state index in [1.54, 1.807) is 0 Å². The molecule has 0 spiro atoms. The van der Waals surface area contributed by atoms with Gasteiger partial charge in [-0.05, 0) is 56.5 Å². The first kappa shape index (κ1) is 14.3. The van der Waals surface area contributed by atoms with E-state index in [0.29, 0.717) is 0 Å². The van der Waals surface area contributed by atoms with Gasteiger partial charge in [0.25, 0.3) is 0 Å². The summed E-state index contributed by atoms with van der Waals surface area (Å²) < 4.78 is 0. The molecule has 18 heavy (non-hydrogen) atoms. The molecular formula is C16H32N2. The van der Waals surface area contributed by atoms with Crippen molar-refractivity contribution < 1.29 is 0 Å². The Morgan fingerprint density at radius 3 is 2.61 bits per heavy atom. The number of likely N-dealkylation sites (tertiary alicyclic amines) is 1. The second-order valence-corrected chi connectivity index (χ2v) is 6.94. The largest absolute Gasteiger partial charge is 0.317 e. The van der Waals surface area contributed by atoms with Crippen molar-refractivity contribution in [2.24, 2.45) is 23.7 Å². The lowest BCUT2D eigenvalue weighted by Gasteiger charge is -2.41. The second kappa shape index (κ2) is 6.38. The van der Waals surface area contributed by atoms with Gasteiger partial charge in [-0.3, -0.25) is 0 Å². The van der Waals surface area contributed by atoms with E-state index in [9.17, 15) is 0 Å². The molecule has 2 fully saturated rings. The van der Waals surface area contributed by atoms with Crippen molar-refractivity contribution in [1.82, 2.24) is 10.2 Å². The van der Waals surface area contributed by atoms with Crippen molar-refractivity contribution >= 4 is 0 Å². The van der Waals surface area contributed by atoms with Crippen LogP contribution in [0.3, 0.4) is 0 Å². The van der Waals surface area contributed by atoms with Crippen LogP contribution in [-0.4, -0.2) is 37.6 Å². The normalized spacial score (nSPS) is 42.3. The van der Waals surface area contributed by atoms with Gasteiger partial charge < -0.3 is 10.2 Å². The van der Waals surface area contributed by atoms with E-state index in [-0.39, 0.29) is 0 Å². The summed E-state index contributed by atoms with van der Waals surface area (Å²) in [7, 11) is 2.15. The SMILES string of the molecule is CCC1CCN(CC2C(C)CC(C)CC2NC)C1. The van der Waals surface area contributed by atoms with Crippen molar-refractivity contribution in [2.45, 2.75) is 52.5 Å². The molecule has 5 atom stereocenters. The van der Waals surface area contributed by atoms with Gasteiger partial charge in [-0.1, -0.05) is 27.2 Å². The Morgan fingerprint density at radius 1 is 1.22 bits per heavy atom. The van der Waals surface area contributed by atoms with Crippen molar-refractivity contribution in [3.63, 3.8) is 0 Å². The molecule has 2 rings (SSSR count). The maximum atomic E-state index is 3.59. The summed E-state index contributed by atoms with van der Waals surface area (Å²) in [5.41, 5.74) is 0. The standard InChI is InChI=1S/C16H32N2/c1-5-14-6-7-18(10-14)11-15-13(3)8-12(2)9-16(15)17-4/h12-17H,5-11H2,1-4H3. The zero-order valence-corrected chi connectivity index (χ0v) is 12.8. The zero-order valence-electron chi connectivity index (χ0n) is 12.8. The molecule has 2 aliphatic rings. The minimum Gasteiger partial charge on any atom is -0.317 e. The van der Waals surface area contributed by atoms with E-state index in [0.717, 1.165) is 29.7 Å². The lowest BCUT2D eigenvalue weighted by atomic mass is 9.72. The molecule has 1 saturated heterocycles. The Morgan fingerprint density at radius 2 is 2.00 bits per heavy atom. The Balaban J connectivity index is 1.90. The molecule has 1 aliphatic carbocycles. The van der Waals surface area contributed by atoms with Crippen LogP contribution in [0.2, 0.25) is 0 Å². The Kier molecular flexibility index (Phi) is 5.08. The van der Waals surface area contributed by atoms with E-state index in [4.69, 9.17) is 0 Å². The molecule has 2 heteroatoms. The number of hydrogen-bond acceptors (Lipinski definition) is 2. The first-order chi connectivity index (χ1) is 8.63. The van der Waals surface area contributed by atoms with Crippen LogP contribution in [0.5, 0.6) is 0 Å². The van der Waals surface area contributed by atoms with E-state index < -0.39 is 0 Å². The van der Waals surface area contributed by atoms with Crippen LogP contribution in [0.1, 0.15) is 46.5 Å². The highest BCUT2D eigenvalue weighted by molar-refractivity contribution is 4.90. The van der Waals surface area contributed by atoms with Gasteiger partial charge in [0.2, 0.25) is 0 Å². The molecule has 0 aromatic carbocycles. The van der Waals surface area contributed by atoms with E-state index in [2.05, 4.69) is 38.0 Å². The highest BCUT2D eigenvalue weighted by Crippen LogP contribution is 2.35. The number of rotatable bonds is 4. The van der Waals surface area contributed by atoms with E-state index in [1.165, 1.54) is 45.3 Å². The lowest BCUT2D eigenvalue weighted by Crippen LogP contribution is -2.47. The van der Waals surface area contributed by atoms with E-state index >= 15 is 0 Å². The molecule has 0 bridgehead atoms. The predicted molar refractivity (Wildman–Crippen MR) is 78.7 cm³/mol. The van der Waals surface area contributed by atoms with Crippen LogP contribution in [0.25, 0.3) is 0 Å². The average molecular weight is 252 g/mol. The Bertz CT molecular complexity index is 253.